The molecule has 0 aromatic heterocycles. The van der Waals surface area contributed by atoms with Crippen molar-refractivity contribution in [3.63, 3.8) is 0 Å². The van der Waals surface area contributed by atoms with Crippen LogP contribution in [0.1, 0.15) is 16.7 Å². The zero-order valence-corrected chi connectivity index (χ0v) is 18.7. The summed E-state index contributed by atoms with van der Waals surface area (Å²) in [7, 11) is 2.68. The third kappa shape index (κ3) is 5.21. The summed E-state index contributed by atoms with van der Waals surface area (Å²) < 4.78 is 15.8. The largest absolute Gasteiger partial charge is 0.493 e. The Labute approximate surface area is 188 Å². The second kappa shape index (κ2) is 9.89. The van der Waals surface area contributed by atoms with Crippen LogP contribution in [0, 0.1) is 6.92 Å². The molecule has 9 heteroatoms. The zero-order valence-electron chi connectivity index (χ0n) is 17.1. The molecule has 162 valence electrons. The minimum Gasteiger partial charge on any atom is -0.493 e. The van der Waals surface area contributed by atoms with Crippen LogP contribution in [-0.2, 0) is 20.9 Å². The zero-order chi connectivity index (χ0) is 22.5. The quantitative estimate of drug-likeness (QED) is 0.445. The maximum absolute atomic E-state index is 12.5. The highest BCUT2D eigenvalue weighted by atomic mass is 35.5. The Balaban J connectivity index is 1.83. The molecular weight excluding hydrogens is 442 g/mol. The van der Waals surface area contributed by atoms with Crippen molar-refractivity contribution in [1.29, 1.82) is 0 Å². The fraction of sp³-hybridized carbons (Fsp3) is 0.227. The summed E-state index contributed by atoms with van der Waals surface area (Å²) in [5.41, 5.74) is 2.66. The molecule has 1 fully saturated rings. The van der Waals surface area contributed by atoms with Gasteiger partial charge in [-0.15, -0.1) is 0 Å². The van der Waals surface area contributed by atoms with Crippen LogP contribution < -0.4 is 9.47 Å². The predicted molar refractivity (Wildman–Crippen MR) is 118 cm³/mol. The Morgan fingerprint density at radius 3 is 2.61 bits per heavy atom. The van der Waals surface area contributed by atoms with Gasteiger partial charge in [0.2, 0.25) is 0 Å². The SMILES string of the molecule is COC(=O)CN1C(=O)S/C(=C\c2cc(Cl)c(OCc3ccccc3C)c(OC)c2)C1=O. The van der Waals surface area contributed by atoms with Gasteiger partial charge in [0.1, 0.15) is 13.2 Å². The molecule has 0 atom stereocenters. The van der Waals surface area contributed by atoms with E-state index in [2.05, 4.69) is 4.74 Å². The Morgan fingerprint density at radius 1 is 1.19 bits per heavy atom. The lowest BCUT2D eigenvalue weighted by Gasteiger charge is -2.14. The van der Waals surface area contributed by atoms with Crippen LogP contribution in [-0.4, -0.2) is 42.8 Å². The van der Waals surface area contributed by atoms with Gasteiger partial charge in [0.25, 0.3) is 11.1 Å². The molecule has 2 aromatic carbocycles. The highest BCUT2D eigenvalue weighted by Crippen LogP contribution is 2.39. The van der Waals surface area contributed by atoms with Crippen LogP contribution >= 0.6 is 23.4 Å². The summed E-state index contributed by atoms with van der Waals surface area (Å²) in [6.45, 7) is 1.87. The lowest BCUT2D eigenvalue weighted by Crippen LogP contribution is -2.34. The average Bonchev–Trinajstić information content (AvgIpc) is 3.00. The molecule has 1 saturated heterocycles. The number of halogens is 1. The number of carbonyl (C=O) groups is 3. The Bertz CT molecular complexity index is 1070. The van der Waals surface area contributed by atoms with Crippen LogP contribution in [0.25, 0.3) is 6.08 Å². The van der Waals surface area contributed by atoms with Gasteiger partial charge in [-0.2, -0.15) is 0 Å². The van der Waals surface area contributed by atoms with Crippen molar-refractivity contribution in [2.24, 2.45) is 0 Å². The summed E-state index contributed by atoms with van der Waals surface area (Å²) in [6.07, 6.45) is 1.52. The lowest BCUT2D eigenvalue weighted by molar-refractivity contribution is -0.143. The van der Waals surface area contributed by atoms with Crippen LogP contribution in [0.15, 0.2) is 41.3 Å². The molecule has 0 bridgehead atoms. The number of hydrogen-bond acceptors (Lipinski definition) is 7. The van der Waals surface area contributed by atoms with Crippen LogP contribution in [0.2, 0.25) is 5.02 Å². The van der Waals surface area contributed by atoms with Gasteiger partial charge in [-0.05, 0) is 53.6 Å². The van der Waals surface area contributed by atoms with E-state index in [4.69, 9.17) is 21.1 Å². The molecule has 2 amide bonds. The number of imide groups is 1. The van der Waals surface area contributed by atoms with Crippen molar-refractivity contribution in [2.75, 3.05) is 20.8 Å². The summed E-state index contributed by atoms with van der Waals surface area (Å²) in [6, 6.07) is 11.1. The number of ether oxygens (including phenoxy) is 3. The summed E-state index contributed by atoms with van der Waals surface area (Å²) in [5, 5.41) is -0.245. The number of hydrogen-bond donors (Lipinski definition) is 0. The third-order valence-electron chi connectivity index (χ3n) is 4.57. The van der Waals surface area contributed by atoms with Crippen molar-refractivity contribution in [1.82, 2.24) is 4.90 Å². The van der Waals surface area contributed by atoms with Crippen LogP contribution in [0.4, 0.5) is 4.79 Å². The number of rotatable bonds is 7. The Morgan fingerprint density at radius 2 is 1.94 bits per heavy atom. The molecule has 0 spiro atoms. The van der Waals surface area contributed by atoms with Gasteiger partial charge in [-0.3, -0.25) is 19.3 Å². The van der Waals surface area contributed by atoms with Crippen molar-refractivity contribution >= 4 is 46.6 Å². The molecule has 2 aromatic rings. The minimum atomic E-state index is -0.677. The molecule has 0 saturated carbocycles. The van der Waals surface area contributed by atoms with E-state index in [1.54, 1.807) is 12.1 Å². The normalized spacial score (nSPS) is 14.8. The Hall–Kier alpha value is -2.97. The fourth-order valence-corrected chi connectivity index (χ4v) is 3.98. The number of carbonyl (C=O) groups excluding carboxylic acids is 3. The second-order valence-electron chi connectivity index (χ2n) is 6.59. The maximum Gasteiger partial charge on any atom is 0.325 e. The summed E-state index contributed by atoms with van der Waals surface area (Å²) in [5.74, 6) is -0.483. The van der Waals surface area contributed by atoms with E-state index in [0.29, 0.717) is 28.7 Å². The van der Waals surface area contributed by atoms with E-state index in [0.717, 1.165) is 27.8 Å². The van der Waals surface area contributed by atoms with E-state index in [1.807, 2.05) is 31.2 Å². The first kappa shape index (κ1) is 22.7. The van der Waals surface area contributed by atoms with E-state index in [9.17, 15) is 14.4 Å². The number of aryl methyl sites for hydroxylation is 1. The summed E-state index contributed by atoms with van der Waals surface area (Å²) >= 11 is 7.16. The van der Waals surface area contributed by atoms with Gasteiger partial charge >= 0.3 is 5.97 Å². The number of esters is 1. The smallest absolute Gasteiger partial charge is 0.325 e. The first-order valence-electron chi connectivity index (χ1n) is 9.21. The van der Waals surface area contributed by atoms with Gasteiger partial charge in [0.05, 0.1) is 24.1 Å². The number of amides is 2. The molecule has 0 radical (unpaired) electrons. The molecule has 1 aliphatic rings. The molecule has 7 nitrogen and oxygen atoms in total. The Kier molecular flexibility index (Phi) is 7.25. The van der Waals surface area contributed by atoms with Crippen molar-refractivity contribution in [3.05, 3.63) is 63.0 Å². The van der Waals surface area contributed by atoms with E-state index in [1.165, 1.54) is 20.3 Å². The van der Waals surface area contributed by atoms with Gasteiger partial charge in [0, 0.05) is 0 Å². The monoisotopic (exact) mass is 461 g/mol. The third-order valence-corrected chi connectivity index (χ3v) is 5.76. The van der Waals surface area contributed by atoms with Crippen molar-refractivity contribution in [2.45, 2.75) is 13.5 Å². The highest BCUT2D eigenvalue weighted by molar-refractivity contribution is 8.18. The van der Waals surface area contributed by atoms with Crippen molar-refractivity contribution in [3.8, 4) is 11.5 Å². The highest BCUT2D eigenvalue weighted by Gasteiger charge is 2.36. The van der Waals surface area contributed by atoms with Gasteiger partial charge < -0.3 is 14.2 Å². The molecule has 0 N–H and O–H groups in total. The van der Waals surface area contributed by atoms with Gasteiger partial charge in [0.15, 0.2) is 11.5 Å². The van der Waals surface area contributed by atoms with Crippen molar-refractivity contribution < 1.29 is 28.6 Å². The molecular formula is C22H20ClNO6S. The molecule has 0 aliphatic carbocycles. The fourth-order valence-electron chi connectivity index (χ4n) is 2.87. The van der Waals surface area contributed by atoms with E-state index >= 15 is 0 Å². The van der Waals surface area contributed by atoms with Gasteiger partial charge in [-0.25, -0.2) is 0 Å². The lowest BCUT2D eigenvalue weighted by atomic mass is 10.1. The molecule has 1 heterocycles. The topological polar surface area (TPSA) is 82.1 Å². The van der Waals surface area contributed by atoms with E-state index < -0.39 is 23.7 Å². The molecule has 31 heavy (non-hydrogen) atoms. The maximum atomic E-state index is 12.5. The number of nitrogens with zero attached hydrogens (tertiary/aromatic N) is 1. The molecule has 0 unspecified atom stereocenters. The predicted octanol–water partition coefficient (Wildman–Crippen LogP) is 4.45. The second-order valence-corrected chi connectivity index (χ2v) is 7.99. The first-order valence-corrected chi connectivity index (χ1v) is 10.4. The minimum absolute atomic E-state index is 0.167. The van der Waals surface area contributed by atoms with Gasteiger partial charge in [-0.1, -0.05) is 35.9 Å². The first-order chi connectivity index (χ1) is 14.8. The number of methoxy groups -OCH3 is 2. The van der Waals surface area contributed by atoms with E-state index in [-0.39, 0.29) is 4.91 Å². The van der Waals surface area contributed by atoms with Crippen LogP contribution in [0.3, 0.4) is 0 Å². The summed E-state index contributed by atoms with van der Waals surface area (Å²) in [4.78, 5) is 37.0. The average molecular weight is 462 g/mol. The number of benzene rings is 2. The number of thioether (sulfide) groups is 1. The standard InChI is InChI=1S/C22H20ClNO6S/c1-13-6-4-5-7-15(13)12-30-20-16(23)8-14(9-17(20)28-2)10-18-21(26)24(22(27)31-18)11-19(25)29-3/h4-10H,11-12H2,1-3H3/b18-10-. The molecule has 3 rings (SSSR count). The molecule has 1 aliphatic heterocycles. The van der Waals surface area contributed by atoms with Crippen LogP contribution in [0.5, 0.6) is 11.5 Å².